The summed E-state index contributed by atoms with van der Waals surface area (Å²) in [6, 6.07) is 17.7. The van der Waals surface area contributed by atoms with Crippen LogP contribution in [0.3, 0.4) is 0 Å². The Morgan fingerprint density at radius 3 is 1.89 bits per heavy atom. The minimum atomic E-state index is 0.163. The van der Waals surface area contributed by atoms with Crippen LogP contribution in [0.15, 0.2) is 48.5 Å². The molecule has 0 saturated heterocycles. The van der Waals surface area contributed by atoms with Gasteiger partial charge < -0.3 is 0 Å². The molecular formula is C19H20. The molecule has 0 aliphatic rings. The molecule has 96 valence electrons. The molecule has 3 aromatic carbocycles. The van der Waals surface area contributed by atoms with Gasteiger partial charge in [-0.1, -0.05) is 69.3 Å². The summed E-state index contributed by atoms with van der Waals surface area (Å²) in [6.07, 6.45) is 0. The van der Waals surface area contributed by atoms with E-state index >= 15 is 0 Å². The van der Waals surface area contributed by atoms with E-state index in [-0.39, 0.29) is 5.41 Å². The average Bonchev–Trinajstić information content (AvgIpc) is 2.36. The highest BCUT2D eigenvalue weighted by molar-refractivity contribution is 6.11. The van der Waals surface area contributed by atoms with Gasteiger partial charge in [-0.25, -0.2) is 0 Å². The molecule has 0 heteroatoms. The molecule has 0 nitrogen and oxygen atoms in total. The van der Waals surface area contributed by atoms with E-state index in [9.17, 15) is 0 Å². The number of rotatable bonds is 0. The molecule has 0 heterocycles. The van der Waals surface area contributed by atoms with Gasteiger partial charge >= 0.3 is 0 Å². The first kappa shape index (κ1) is 12.2. The monoisotopic (exact) mass is 248 g/mol. The molecule has 0 spiro atoms. The van der Waals surface area contributed by atoms with Crippen LogP contribution >= 0.6 is 0 Å². The summed E-state index contributed by atoms with van der Waals surface area (Å²) in [5.74, 6) is 0. The summed E-state index contributed by atoms with van der Waals surface area (Å²) in [4.78, 5) is 0. The van der Waals surface area contributed by atoms with E-state index in [0.29, 0.717) is 0 Å². The van der Waals surface area contributed by atoms with Gasteiger partial charge in [0.05, 0.1) is 0 Å². The zero-order chi connectivity index (χ0) is 13.6. The lowest BCUT2D eigenvalue weighted by Gasteiger charge is -2.23. The van der Waals surface area contributed by atoms with Crippen molar-refractivity contribution in [3.8, 4) is 0 Å². The van der Waals surface area contributed by atoms with Crippen molar-refractivity contribution in [2.24, 2.45) is 0 Å². The van der Waals surface area contributed by atoms with Gasteiger partial charge in [0.15, 0.2) is 0 Å². The summed E-state index contributed by atoms with van der Waals surface area (Å²) in [5.41, 5.74) is 2.96. The van der Waals surface area contributed by atoms with Gasteiger partial charge in [-0.2, -0.15) is 0 Å². The molecule has 3 aromatic rings. The quantitative estimate of drug-likeness (QED) is 0.454. The van der Waals surface area contributed by atoms with Crippen molar-refractivity contribution < 1.29 is 0 Å². The van der Waals surface area contributed by atoms with Crippen LogP contribution in [0, 0.1) is 6.92 Å². The first-order valence-corrected chi connectivity index (χ1v) is 6.90. The number of aryl methyl sites for hydroxylation is 1. The van der Waals surface area contributed by atoms with Crippen molar-refractivity contribution in [3.63, 3.8) is 0 Å². The molecule has 0 aliphatic heterocycles. The average molecular weight is 248 g/mol. The molecule has 0 atom stereocenters. The van der Waals surface area contributed by atoms with Crippen LogP contribution in [-0.4, -0.2) is 0 Å². The SMILES string of the molecule is Cc1cccc2ccc3cccc(C(C)(C)C)c3c12. The van der Waals surface area contributed by atoms with Crippen LogP contribution in [0.5, 0.6) is 0 Å². The van der Waals surface area contributed by atoms with Gasteiger partial charge in [-0.3, -0.25) is 0 Å². The summed E-state index contributed by atoms with van der Waals surface area (Å²) >= 11 is 0. The van der Waals surface area contributed by atoms with Gasteiger partial charge in [0.25, 0.3) is 0 Å². The Morgan fingerprint density at radius 1 is 0.684 bits per heavy atom. The molecule has 0 radical (unpaired) electrons. The predicted molar refractivity (Wildman–Crippen MR) is 84.9 cm³/mol. The fraction of sp³-hybridized carbons (Fsp3) is 0.263. The lowest BCUT2D eigenvalue weighted by molar-refractivity contribution is 0.596. The van der Waals surface area contributed by atoms with Crippen molar-refractivity contribution in [2.45, 2.75) is 33.1 Å². The smallest absolute Gasteiger partial charge is 0.00653 e. The Balaban J connectivity index is 2.60. The second-order valence-electron chi connectivity index (χ2n) is 6.39. The molecule has 0 bridgehead atoms. The highest BCUT2D eigenvalue weighted by atomic mass is 14.2. The summed E-state index contributed by atoms with van der Waals surface area (Å²) in [7, 11) is 0. The zero-order valence-corrected chi connectivity index (χ0v) is 12.1. The number of fused-ring (bicyclic) bond motifs is 3. The third-order valence-electron chi connectivity index (χ3n) is 3.90. The maximum Gasteiger partial charge on any atom is -0.00653 e. The largest absolute Gasteiger partial charge is 0.0614 e. The summed E-state index contributed by atoms with van der Waals surface area (Å²) in [6.45, 7) is 9.08. The van der Waals surface area contributed by atoms with Crippen molar-refractivity contribution in [1.82, 2.24) is 0 Å². The van der Waals surface area contributed by atoms with Gasteiger partial charge in [0, 0.05) is 0 Å². The molecule has 0 aliphatic carbocycles. The van der Waals surface area contributed by atoms with E-state index in [1.165, 1.54) is 32.7 Å². The Bertz CT molecular complexity index is 758. The molecule has 0 fully saturated rings. The fourth-order valence-corrected chi connectivity index (χ4v) is 2.96. The predicted octanol–water partition coefficient (Wildman–Crippen LogP) is 5.60. The van der Waals surface area contributed by atoms with Gasteiger partial charge in [-0.05, 0) is 45.0 Å². The summed E-state index contributed by atoms with van der Waals surface area (Å²) in [5, 5.41) is 5.51. The molecular weight excluding hydrogens is 228 g/mol. The Labute approximate surface area is 115 Å². The molecule has 0 N–H and O–H groups in total. The lowest BCUT2D eigenvalue weighted by atomic mass is 9.81. The number of hydrogen-bond acceptors (Lipinski definition) is 0. The van der Waals surface area contributed by atoms with Crippen LogP contribution in [0.1, 0.15) is 31.9 Å². The van der Waals surface area contributed by atoms with E-state index in [0.717, 1.165) is 0 Å². The van der Waals surface area contributed by atoms with Crippen molar-refractivity contribution in [2.75, 3.05) is 0 Å². The van der Waals surface area contributed by atoms with Gasteiger partial charge in [0.2, 0.25) is 0 Å². The topological polar surface area (TPSA) is 0 Å². The lowest BCUT2D eigenvalue weighted by Crippen LogP contribution is -2.11. The zero-order valence-electron chi connectivity index (χ0n) is 12.1. The third-order valence-corrected chi connectivity index (χ3v) is 3.90. The Morgan fingerprint density at radius 2 is 1.26 bits per heavy atom. The van der Waals surface area contributed by atoms with Crippen LogP contribution in [0.4, 0.5) is 0 Å². The second-order valence-corrected chi connectivity index (χ2v) is 6.39. The Kier molecular flexibility index (Phi) is 2.63. The summed E-state index contributed by atoms with van der Waals surface area (Å²) < 4.78 is 0. The number of benzene rings is 3. The first-order valence-electron chi connectivity index (χ1n) is 6.90. The molecule has 0 amide bonds. The van der Waals surface area contributed by atoms with Gasteiger partial charge in [-0.15, -0.1) is 0 Å². The highest BCUT2D eigenvalue weighted by Crippen LogP contribution is 2.36. The molecule has 0 unspecified atom stereocenters. The minimum Gasteiger partial charge on any atom is -0.0614 e. The minimum absolute atomic E-state index is 0.163. The first-order chi connectivity index (χ1) is 8.98. The van der Waals surface area contributed by atoms with Crippen LogP contribution in [0.25, 0.3) is 21.5 Å². The molecule has 0 saturated carbocycles. The van der Waals surface area contributed by atoms with Crippen molar-refractivity contribution in [1.29, 1.82) is 0 Å². The normalized spacial score (nSPS) is 12.2. The number of hydrogen-bond donors (Lipinski definition) is 0. The molecule has 19 heavy (non-hydrogen) atoms. The van der Waals surface area contributed by atoms with E-state index in [1.807, 2.05) is 0 Å². The fourth-order valence-electron chi connectivity index (χ4n) is 2.96. The van der Waals surface area contributed by atoms with Crippen LogP contribution < -0.4 is 0 Å². The van der Waals surface area contributed by atoms with Crippen LogP contribution in [-0.2, 0) is 5.41 Å². The van der Waals surface area contributed by atoms with E-state index in [1.54, 1.807) is 0 Å². The van der Waals surface area contributed by atoms with Crippen molar-refractivity contribution in [3.05, 3.63) is 59.7 Å². The van der Waals surface area contributed by atoms with Gasteiger partial charge in [0.1, 0.15) is 0 Å². The Hall–Kier alpha value is -1.82. The molecule has 0 aromatic heterocycles. The highest BCUT2D eigenvalue weighted by Gasteiger charge is 2.18. The standard InChI is InChI=1S/C19H20/c1-13-7-5-8-14-11-12-15-9-6-10-16(19(2,3)4)18(15)17(13)14/h5-12H,1-4H3. The van der Waals surface area contributed by atoms with Crippen molar-refractivity contribution >= 4 is 21.5 Å². The van der Waals surface area contributed by atoms with E-state index < -0.39 is 0 Å². The third kappa shape index (κ3) is 1.92. The van der Waals surface area contributed by atoms with E-state index in [4.69, 9.17) is 0 Å². The van der Waals surface area contributed by atoms with E-state index in [2.05, 4.69) is 76.2 Å². The maximum atomic E-state index is 2.29. The van der Waals surface area contributed by atoms with Crippen LogP contribution in [0.2, 0.25) is 0 Å². The molecule has 3 rings (SSSR count). The maximum absolute atomic E-state index is 2.29. The second kappa shape index (κ2) is 4.09.